The fraction of sp³-hybridized carbons (Fsp3) is 0.667. The van der Waals surface area contributed by atoms with Crippen molar-refractivity contribution in [3.05, 3.63) is 10.6 Å². The van der Waals surface area contributed by atoms with Gasteiger partial charge in [0.05, 0.1) is 0 Å². The van der Waals surface area contributed by atoms with Crippen LogP contribution in [-0.2, 0) is 0 Å². The third-order valence-electron chi connectivity index (χ3n) is 2.91. The Balaban J connectivity index is 1.99. The zero-order valence-electron chi connectivity index (χ0n) is 8.43. The van der Waals surface area contributed by atoms with Crippen LogP contribution in [-0.4, -0.2) is 21.5 Å². The molecule has 1 aliphatic carbocycles. The highest BCUT2D eigenvalue weighted by Crippen LogP contribution is 2.48. The van der Waals surface area contributed by atoms with E-state index in [0.29, 0.717) is 11.4 Å². The van der Waals surface area contributed by atoms with E-state index in [0.717, 1.165) is 6.54 Å². The standard InChI is InChI=1S/C9H12Cl2N4/c1-2-9(3-4-9)5-12-8-14-6(10)13-7(11)15-8/h2-5H2,1H3,(H,12,13,14,15). The molecule has 1 aromatic rings. The number of rotatable bonds is 4. The lowest BCUT2D eigenvalue weighted by Crippen LogP contribution is -2.16. The van der Waals surface area contributed by atoms with Gasteiger partial charge in [-0.05, 0) is 47.9 Å². The Hall–Kier alpha value is -0.610. The van der Waals surface area contributed by atoms with Crippen molar-refractivity contribution < 1.29 is 0 Å². The Labute approximate surface area is 98.4 Å². The van der Waals surface area contributed by atoms with Gasteiger partial charge in [0.15, 0.2) is 0 Å². The Bertz CT molecular complexity index is 345. The average molecular weight is 247 g/mol. The highest BCUT2D eigenvalue weighted by Gasteiger charge is 2.40. The summed E-state index contributed by atoms with van der Waals surface area (Å²) in [6, 6.07) is 0. The minimum absolute atomic E-state index is 0.124. The Morgan fingerprint density at radius 1 is 1.20 bits per heavy atom. The number of hydrogen-bond acceptors (Lipinski definition) is 4. The van der Waals surface area contributed by atoms with Crippen LogP contribution in [0.2, 0.25) is 10.6 Å². The molecular formula is C9H12Cl2N4. The SMILES string of the molecule is CCC1(CNc2nc(Cl)nc(Cl)n2)CC1. The van der Waals surface area contributed by atoms with E-state index in [2.05, 4.69) is 27.2 Å². The van der Waals surface area contributed by atoms with E-state index in [1.165, 1.54) is 19.3 Å². The maximum Gasteiger partial charge on any atom is 0.228 e. The molecule has 6 heteroatoms. The van der Waals surface area contributed by atoms with E-state index < -0.39 is 0 Å². The van der Waals surface area contributed by atoms with E-state index in [9.17, 15) is 0 Å². The molecule has 2 rings (SSSR count). The second-order valence-corrected chi connectivity index (χ2v) is 4.58. The molecule has 1 saturated carbocycles. The van der Waals surface area contributed by atoms with Crippen LogP contribution in [0.15, 0.2) is 0 Å². The quantitative estimate of drug-likeness (QED) is 0.888. The molecule has 1 N–H and O–H groups in total. The lowest BCUT2D eigenvalue weighted by atomic mass is 10.0. The highest BCUT2D eigenvalue weighted by molar-refractivity contribution is 6.31. The van der Waals surface area contributed by atoms with Gasteiger partial charge < -0.3 is 5.32 Å². The summed E-state index contributed by atoms with van der Waals surface area (Å²) in [5.41, 5.74) is 0.436. The van der Waals surface area contributed by atoms with Gasteiger partial charge in [-0.25, -0.2) is 0 Å². The summed E-state index contributed by atoms with van der Waals surface area (Å²) in [4.78, 5) is 11.6. The summed E-state index contributed by atoms with van der Waals surface area (Å²) in [7, 11) is 0. The maximum atomic E-state index is 5.66. The minimum atomic E-state index is 0.124. The lowest BCUT2D eigenvalue weighted by molar-refractivity contribution is 0.519. The van der Waals surface area contributed by atoms with Gasteiger partial charge in [-0.3, -0.25) is 0 Å². The van der Waals surface area contributed by atoms with Crippen molar-refractivity contribution in [1.29, 1.82) is 0 Å². The maximum absolute atomic E-state index is 5.66. The van der Waals surface area contributed by atoms with Gasteiger partial charge in [0, 0.05) is 6.54 Å². The fourth-order valence-electron chi connectivity index (χ4n) is 1.50. The van der Waals surface area contributed by atoms with Crippen LogP contribution < -0.4 is 5.32 Å². The molecule has 0 radical (unpaired) electrons. The third kappa shape index (κ3) is 2.69. The van der Waals surface area contributed by atoms with Gasteiger partial charge >= 0.3 is 0 Å². The number of nitrogens with zero attached hydrogens (tertiary/aromatic N) is 3. The lowest BCUT2D eigenvalue weighted by Gasteiger charge is -2.12. The van der Waals surface area contributed by atoms with Crippen LogP contribution in [0.1, 0.15) is 26.2 Å². The molecule has 0 saturated heterocycles. The highest BCUT2D eigenvalue weighted by atomic mass is 35.5. The molecule has 1 aliphatic rings. The first kappa shape index (κ1) is 10.9. The van der Waals surface area contributed by atoms with Crippen molar-refractivity contribution in [2.75, 3.05) is 11.9 Å². The van der Waals surface area contributed by atoms with Crippen LogP contribution in [0.5, 0.6) is 0 Å². The number of hydrogen-bond donors (Lipinski definition) is 1. The van der Waals surface area contributed by atoms with E-state index >= 15 is 0 Å². The molecule has 0 unspecified atom stereocenters. The first-order chi connectivity index (χ1) is 7.13. The topological polar surface area (TPSA) is 50.7 Å². The van der Waals surface area contributed by atoms with E-state index in [4.69, 9.17) is 23.2 Å². The molecule has 4 nitrogen and oxygen atoms in total. The smallest absolute Gasteiger partial charge is 0.228 e. The van der Waals surface area contributed by atoms with E-state index in [1.54, 1.807) is 0 Å². The number of aromatic nitrogens is 3. The minimum Gasteiger partial charge on any atom is -0.353 e. The zero-order valence-corrected chi connectivity index (χ0v) is 9.94. The summed E-state index contributed by atoms with van der Waals surface area (Å²) < 4.78 is 0. The van der Waals surface area contributed by atoms with Gasteiger partial charge in [0.2, 0.25) is 16.5 Å². The Morgan fingerprint density at radius 2 is 1.80 bits per heavy atom. The summed E-state index contributed by atoms with van der Waals surface area (Å²) in [6.07, 6.45) is 3.71. The molecular weight excluding hydrogens is 235 g/mol. The fourth-order valence-corrected chi connectivity index (χ4v) is 1.87. The van der Waals surface area contributed by atoms with Crippen molar-refractivity contribution in [3.8, 4) is 0 Å². The summed E-state index contributed by atoms with van der Waals surface area (Å²) in [5, 5.41) is 3.40. The van der Waals surface area contributed by atoms with Crippen molar-refractivity contribution in [1.82, 2.24) is 15.0 Å². The molecule has 1 fully saturated rings. The van der Waals surface area contributed by atoms with Crippen LogP contribution in [0.3, 0.4) is 0 Å². The van der Waals surface area contributed by atoms with Crippen molar-refractivity contribution in [3.63, 3.8) is 0 Å². The predicted molar refractivity (Wildman–Crippen MR) is 60.3 cm³/mol. The number of nitrogens with one attached hydrogen (secondary N) is 1. The molecule has 0 atom stereocenters. The second-order valence-electron chi connectivity index (χ2n) is 3.90. The third-order valence-corrected chi connectivity index (χ3v) is 3.25. The van der Waals surface area contributed by atoms with Gasteiger partial charge in [-0.1, -0.05) is 6.92 Å². The van der Waals surface area contributed by atoms with Crippen molar-refractivity contribution >= 4 is 29.2 Å². The molecule has 15 heavy (non-hydrogen) atoms. The normalized spacial score (nSPS) is 17.5. The Morgan fingerprint density at radius 3 is 2.27 bits per heavy atom. The van der Waals surface area contributed by atoms with Crippen LogP contribution in [0.4, 0.5) is 5.95 Å². The largest absolute Gasteiger partial charge is 0.353 e. The molecule has 82 valence electrons. The summed E-state index contributed by atoms with van der Waals surface area (Å²) >= 11 is 11.3. The summed E-state index contributed by atoms with van der Waals surface area (Å²) in [5.74, 6) is 0.458. The predicted octanol–water partition coefficient (Wildman–Crippen LogP) is 2.78. The molecule has 0 spiro atoms. The van der Waals surface area contributed by atoms with Crippen molar-refractivity contribution in [2.24, 2.45) is 5.41 Å². The van der Waals surface area contributed by atoms with Gasteiger partial charge in [-0.15, -0.1) is 0 Å². The van der Waals surface area contributed by atoms with E-state index in [-0.39, 0.29) is 10.6 Å². The molecule has 1 aromatic heterocycles. The molecule has 1 heterocycles. The van der Waals surface area contributed by atoms with Gasteiger partial charge in [0.1, 0.15) is 0 Å². The van der Waals surface area contributed by atoms with Gasteiger partial charge in [-0.2, -0.15) is 15.0 Å². The number of halogens is 2. The van der Waals surface area contributed by atoms with Crippen LogP contribution in [0.25, 0.3) is 0 Å². The number of anilines is 1. The zero-order chi connectivity index (χ0) is 10.9. The monoisotopic (exact) mass is 246 g/mol. The van der Waals surface area contributed by atoms with Crippen molar-refractivity contribution in [2.45, 2.75) is 26.2 Å². The summed E-state index contributed by atoms with van der Waals surface area (Å²) in [6.45, 7) is 3.07. The van der Waals surface area contributed by atoms with E-state index in [1.807, 2.05) is 0 Å². The first-order valence-corrected chi connectivity index (χ1v) is 5.70. The average Bonchev–Trinajstić information content (AvgIpc) is 2.94. The first-order valence-electron chi connectivity index (χ1n) is 4.94. The molecule has 0 aromatic carbocycles. The van der Waals surface area contributed by atoms with Crippen LogP contribution >= 0.6 is 23.2 Å². The molecule has 0 amide bonds. The molecule has 0 bridgehead atoms. The van der Waals surface area contributed by atoms with Crippen LogP contribution in [0, 0.1) is 5.41 Å². The second kappa shape index (κ2) is 4.10. The van der Waals surface area contributed by atoms with Gasteiger partial charge in [0.25, 0.3) is 0 Å². The molecule has 0 aliphatic heterocycles. The Kier molecular flexibility index (Phi) is 2.98.